The highest BCUT2D eigenvalue weighted by atomic mass is 32.1. The number of hydrogen-bond acceptors (Lipinski definition) is 4. The molecule has 15 aromatic rings. The Bertz CT molecular complexity index is 5080. The smallest absolute Gasteiger partial charge is 0.0468 e. The van der Waals surface area contributed by atoms with Gasteiger partial charge in [0, 0.05) is 85.3 Å². The number of thiophene rings is 2. The average molecular weight is 1160 g/mol. The quantitative estimate of drug-likeness (QED) is 0.126. The lowest BCUT2D eigenvalue weighted by Crippen LogP contribution is -2.16. The van der Waals surface area contributed by atoms with Gasteiger partial charge in [-0.1, -0.05) is 222 Å². The van der Waals surface area contributed by atoms with Crippen molar-refractivity contribution >= 4 is 143 Å². The SMILES string of the molecule is CC1(C)c2cc(C=Cc3ccc(C=Cc4ccc5c(c4)C(C)(C)c4cc(N(c6ccc7ccccc7c6)c6ccc7sc8ccccc8c7c6)ccc4-5)cc3)ccc2-c2ccc(N(c3ccc4ccccc4c3)c3ccc4sc5ccccc5c4c3)cc21. The van der Waals surface area contributed by atoms with Crippen molar-refractivity contribution in [1.82, 2.24) is 0 Å². The third-order valence-electron chi connectivity index (χ3n) is 19.0. The first-order valence-electron chi connectivity index (χ1n) is 30.5. The number of anilines is 6. The van der Waals surface area contributed by atoms with E-state index in [1.165, 1.54) is 129 Å². The first kappa shape index (κ1) is 52.2. The zero-order valence-electron chi connectivity index (χ0n) is 49.4. The molecule has 2 heterocycles. The highest BCUT2D eigenvalue weighted by Crippen LogP contribution is 2.54. The van der Waals surface area contributed by atoms with Crippen LogP contribution in [0, 0.1) is 0 Å². The minimum absolute atomic E-state index is 0.207. The van der Waals surface area contributed by atoms with Crippen molar-refractivity contribution in [2.45, 2.75) is 38.5 Å². The molecule has 2 aliphatic carbocycles. The molecule has 0 radical (unpaired) electrons. The van der Waals surface area contributed by atoms with Crippen LogP contribution in [0.25, 0.3) is 108 Å². The number of nitrogens with zero attached hydrogens (tertiary/aromatic N) is 2. The second-order valence-corrected chi connectivity index (χ2v) is 27.1. The molecule has 13 aromatic carbocycles. The van der Waals surface area contributed by atoms with Crippen molar-refractivity contribution in [2.75, 3.05) is 9.80 Å². The number of fused-ring (bicyclic) bond motifs is 14. The topological polar surface area (TPSA) is 6.48 Å². The van der Waals surface area contributed by atoms with Crippen LogP contribution in [0.15, 0.2) is 267 Å². The lowest BCUT2D eigenvalue weighted by Gasteiger charge is -2.28. The second kappa shape index (κ2) is 20.3. The molecule has 418 valence electrons. The molecule has 2 nitrogen and oxygen atoms in total. The van der Waals surface area contributed by atoms with Crippen LogP contribution in [0.5, 0.6) is 0 Å². The van der Waals surface area contributed by atoms with E-state index in [2.05, 4.69) is 329 Å². The molecule has 0 amide bonds. The molecule has 17 rings (SSSR count). The zero-order chi connectivity index (χ0) is 58.8. The van der Waals surface area contributed by atoms with Gasteiger partial charge in [0.2, 0.25) is 0 Å². The third kappa shape index (κ3) is 8.65. The maximum absolute atomic E-state index is 2.45. The van der Waals surface area contributed by atoms with Crippen LogP contribution in [-0.4, -0.2) is 0 Å². The molecule has 88 heavy (non-hydrogen) atoms. The van der Waals surface area contributed by atoms with E-state index < -0.39 is 0 Å². The van der Waals surface area contributed by atoms with Gasteiger partial charge in [0.15, 0.2) is 0 Å². The van der Waals surface area contributed by atoms with Crippen molar-refractivity contribution in [3.05, 3.63) is 311 Å². The Labute approximate surface area is 521 Å². The van der Waals surface area contributed by atoms with Crippen LogP contribution in [0.4, 0.5) is 34.1 Å². The van der Waals surface area contributed by atoms with Crippen LogP contribution in [0.1, 0.15) is 72.2 Å². The Morgan fingerprint density at radius 3 is 1.00 bits per heavy atom. The molecule has 0 bridgehead atoms. The standard InChI is InChI=1S/C84H60N2S2/c1-83(2)75-45-55(29-39-67(75)69-41-35-65(51-77(69)83)85(61-33-31-57-13-5-7-15-59(57)47-61)63-37-43-81-73(49-63)71-17-9-11-19-79(71)87-81)27-25-53-21-23-54(24-22-53)26-28-56-30-40-68-70-42-36-66(52-78(70)84(3,4)76(68)46-56)86(62-34-32-58-14-6-8-16-60(58)48-62)64-38-44-82-74(50-64)72-18-10-12-20-80(72)88-82/h5-52H,1-4H3. The summed E-state index contributed by atoms with van der Waals surface area (Å²) < 4.78 is 5.25. The van der Waals surface area contributed by atoms with Gasteiger partial charge in [0.1, 0.15) is 0 Å². The Hall–Kier alpha value is -10.1. The lowest BCUT2D eigenvalue weighted by atomic mass is 9.81. The fraction of sp³-hybridized carbons (Fsp3) is 0.0714. The molecular formula is C84H60N2S2. The van der Waals surface area contributed by atoms with Gasteiger partial charge in [-0.15, -0.1) is 22.7 Å². The monoisotopic (exact) mass is 1160 g/mol. The summed E-state index contributed by atoms with van der Waals surface area (Å²) in [7, 11) is 0. The molecular weight excluding hydrogens is 1100 g/mol. The summed E-state index contributed by atoms with van der Waals surface area (Å²) in [5.74, 6) is 0. The van der Waals surface area contributed by atoms with Crippen LogP contribution in [0.2, 0.25) is 0 Å². The largest absolute Gasteiger partial charge is 0.310 e. The normalized spacial score (nSPS) is 13.8. The summed E-state index contributed by atoms with van der Waals surface area (Å²) in [5, 5.41) is 10.1. The van der Waals surface area contributed by atoms with Crippen molar-refractivity contribution in [1.29, 1.82) is 0 Å². The summed E-state index contributed by atoms with van der Waals surface area (Å²) in [6.45, 7) is 9.55. The molecule has 0 aliphatic heterocycles. The molecule has 0 atom stereocenters. The lowest BCUT2D eigenvalue weighted by molar-refractivity contribution is 0.660. The minimum Gasteiger partial charge on any atom is -0.310 e. The molecule has 0 N–H and O–H groups in total. The molecule has 0 saturated heterocycles. The highest BCUT2D eigenvalue weighted by Gasteiger charge is 2.38. The van der Waals surface area contributed by atoms with E-state index in [1.54, 1.807) is 0 Å². The third-order valence-corrected chi connectivity index (χ3v) is 21.3. The summed E-state index contributed by atoms with van der Waals surface area (Å²) in [6, 6.07) is 99.7. The van der Waals surface area contributed by atoms with E-state index in [9.17, 15) is 0 Å². The van der Waals surface area contributed by atoms with Crippen molar-refractivity contribution < 1.29 is 0 Å². The fourth-order valence-corrected chi connectivity index (χ4v) is 16.5. The molecule has 0 fully saturated rings. The Morgan fingerprint density at radius 2 is 0.557 bits per heavy atom. The van der Waals surface area contributed by atoms with Crippen LogP contribution in [0.3, 0.4) is 0 Å². The van der Waals surface area contributed by atoms with Gasteiger partial charge >= 0.3 is 0 Å². The van der Waals surface area contributed by atoms with E-state index in [0.717, 1.165) is 34.1 Å². The molecule has 2 aliphatic rings. The molecule has 0 saturated carbocycles. The molecule has 2 aromatic heterocycles. The highest BCUT2D eigenvalue weighted by molar-refractivity contribution is 7.26. The van der Waals surface area contributed by atoms with Crippen molar-refractivity contribution in [2.24, 2.45) is 0 Å². The van der Waals surface area contributed by atoms with Crippen LogP contribution < -0.4 is 9.80 Å². The summed E-state index contributed by atoms with van der Waals surface area (Å²) in [4.78, 5) is 4.90. The number of benzene rings is 13. The van der Waals surface area contributed by atoms with Gasteiger partial charge in [-0.2, -0.15) is 0 Å². The van der Waals surface area contributed by atoms with Gasteiger partial charge in [0.05, 0.1) is 0 Å². The van der Waals surface area contributed by atoms with Gasteiger partial charge in [0.25, 0.3) is 0 Å². The van der Waals surface area contributed by atoms with E-state index in [4.69, 9.17) is 0 Å². The summed E-state index contributed by atoms with van der Waals surface area (Å²) >= 11 is 3.73. The number of rotatable bonds is 10. The predicted octanol–water partition coefficient (Wildman–Crippen LogP) is 24.6. The average Bonchev–Trinajstić information content (AvgIpc) is 2.43. The molecule has 4 heteroatoms. The van der Waals surface area contributed by atoms with Gasteiger partial charge < -0.3 is 9.80 Å². The first-order chi connectivity index (χ1) is 43.1. The summed E-state index contributed by atoms with van der Waals surface area (Å²) in [5.41, 5.74) is 21.9. The van der Waals surface area contributed by atoms with E-state index in [-0.39, 0.29) is 10.8 Å². The van der Waals surface area contributed by atoms with Crippen LogP contribution >= 0.6 is 22.7 Å². The predicted molar refractivity (Wildman–Crippen MR) is 382 cm³/mol. The Morgan fingerprint density at radius 1 is 0.250 bits per heavy atom. The van der Waals surface area contributed by atoms with Gasteiger partial charge in [-0.25, -0.2) is 0 Å². The van der Waals surface area contributed by atoms with E-state index >= 15 is 0 Å². The van der Waals surface area contributed by atoms with Gasteiger partial charge in [-0.05, 0) is 185 Å². The van der Waals surface area contributed by atoms with Crippen molar-refractivity contribution in [3.8, 4) is 22.3 Å². The van der Waals surface area contributed by atoms with E-state index in [1.807, 2.05) is 22.7 Å². The molecule has 0 unspecified atom stereocenters. The van der Waals surface area contributed by atoms with Crippen LogP contribution in [-0.2, 0) is 10.8 Å². The first-order valence-corrected chi connectivity index (χ1v) is 32.1. The second-order valence-electron chi connectivity index (χ2n) is 24.9. The maximum atomic E-state index is 2.45. The molecule has 0 spiro atoms. The Kier molecular flexibility index (Phi) is 12.0. The number of hydrogen-bond donors (Lipinski definition) is 0. The fourth-order valence-electron chi connectivity index (χ4n) is 14.3. The van der Waals surface area contributed by atoms with Crippen molar-refractivity contribution in [3.63, 3.8) is 0 Å². The maximum Gasteiger partial charge on any atom is 0.0468 e. The van der Waals surface area contributed by atoms with E-state index in [0.29, 0.717) is 0 Å². The summed E-state index contributed by atoms with van der Waals surface area (Å²) in [6.07, 6.45) is 9.02. The van der Waals surface area contributed by atoms with Gasteiger partial charge in [-0.3, -0.25) is 0 Å². The minimum atomic E-state index is -0.207. The Balaban J connectivity index is 0.620. The zero-order valence-corrected chi connectivity index (χ0v) is 51.1.